The van der Waals surface area contributed by atoms with Crippen LogP contribution in [0.3, 0.4) is 0 Å². The summed E-state index contributed by atoms with van der Waals surface area (Å²) < 4.78 is 32.9. The van der Waals surface area contributed by atoms with Crippen molar-refractivity contribution in [1.82, 2.24) is 0 Å². The van der Waals surface area contributed by atoms with Crippen LogP contribution in [0.1, 0.15) is 6.92 Å². The van der Waals surface area contributed by atoms with E-state index in [0.29, 0.717) is 0 Å². The van der Waals surface area contributed by atoms with E-state index in [2.05, 4.69) is 11.7 Å². The molecule has 9 heavy (non-hydrogen) atoms. The molecule has 4 nitrogen and oxygen atoms in total. The van der Waals surface area contributed by atoms with Crippen LogP contribution in [0.4, 0.5) is 0 Å². The highest BCUT2D eigenvalue weighted by Crippen LogP contribution is 1.97. The number of ether oxygens (including phenoxy) is 1. The van der Waals surface area contributed by atoms with Gasteiger partial charge in [0.1, 0.15) is 0 Å². The molecule has 0 aliphatic heterocycles. The SMILES string of the molecule is [CH2]COC(C)S(=O)(=O)O. The van der Waals surface area contributed by atoms with Crippen LogP contribution in [-0.2, 0) is 14.9 Å². The van der Waals surface area contributed by atoms with Crippen molar-refractivity contribution in [3.63, 3.8) is 0 Å². The molecule has 1 unspecified atom stereocenters. The van der Waals surface area contributed by atoms with E-state index in [1.165, 1.54) is 6.92 Å². The maximum Gasteiger partial charge on any atom is 0.291 e. The first-order valence-electron chi connectivity index (χ1n) is 2.35. The summed E-state index contributed by atoms with van der Waals surface area (Å²) in [5.41, 5.74) is -1.17. The summed E-state index contributed by atoms with van der Waals surface area (Å²) in [5, 5.41) is 0. The van der Waals surface area contributed by atoms with Gasteiger partial charge in [-0.1, -0.05) is 0 Å². The molecule has 0 saturated heterocycles. The minimum Gasteiger partial charge on any atom is -0.360 e. The van der Waals surface area contributed by atoms with Crippen molar-refractivity contribution in [2.45, 2.75) is 12.4 Å². The van der Waals surface area contributed by atoms with Crippen LogP contribution in [0, 0.1) is 6.92 Å². The van der Waals surface area contributed by atoms with Gasteiger partial charge in [-0.3, -0.25) is 4.55 Å². The van der Waals surface area contributed by atoms with E-state index in [1.807, 2.05) is 0 Å². The second kappa shape index (κ2) is 3.14. The summed E-state index contributed by atoms with van der Waals surface area (Å²) in [5.74, 6) is 0. The Morgan fingerprint density at radius 1 is 1.78 bits per heavy atom. The fourth-order valence-electron chi connectivity index (χ4n) is 0.252. The number of hydrogen-bond donors (Lipinski definition) is 1. The van der Waals surface area contributed by atoms with Crippen molar-refractivity contribution in [2.75, 3.05) is 6.61 Å². The smallest absolute Gasteiger partial charge is 0.291 e. The predicted molar refractivity (Wildman–Crippen MR) is 32.3 cm³/mol. The van der Waals surface area contributed by atoms with Crippen molar-refractivity contribution < 1.29 is 17.7 Å². The largest absolute Gasteiger partial charge is 0.360 e. The van der Waals surface area contributed by atoms with E-state index in [0.717, 1.165) is 0 Å². The lowest BCUT2D eigenvalue weighted by molar-refractivity contribution is 0.134. The van der Waals surface area contributed by atoms with Crippen LogP contribution in [0.2, 0.25) is 0 Å². The first-order chi connectivity index (χ1) is 3.98. The highest BCUT2D eigenvalue weighted by molar-refractivity contribution is 7.86. The second-order valence-electron chi connectivity index (χ2n) is 1.45. The molecule has 0 aromatic carbocycles. The van der Waals surface area contributed by atoms with Crippen LogP contribution in [0.25, 0.3) is 0 Å². The molecule has 0 aromatic heterocycles. The average Bonchev–Trinajstić information content (AvgIpc) is 1.64. The zero-order valence-electron chi connectivity index (χ0n) is 5.07. The summed E-state index contributed by atoms with van der Waals surface area (Å²) in [6, 6.07) is 0. The Kier molecular flexibility index (Phi) is 3.10. The normalized spacial score (nSPS) is 15.4. The van der Waals surface area contributed by atoms with Crippen LogP contribution < -0.4 is 0 Å². The molecule has 0 bridgehead atoms. The highest BCUT2D eigenvalue weighted by Gasteiger charge is 2.15. The fraction of sp³-hybridized carbons (Fsp3) is 0.750. The molecule has 5 heteroatoms. The maximum atomic E-state index is 10.1. The molecule has 55 valence electrons. The molecule has 0 saturated carbocycles. The quantitative estimate of drug-likeness (QED) is 0.583. The Bertz CT molecular complexity index is 159. The van der Waals surface area contributed by atoms with E-state index < -0.39 is 15.6 Å². The molecule has 0 aromatic rings. The van der Waals surface area contributed by atoms with Gasteiger partial charge in [0.15, 0.2) is 5.44 Å². The molecule has 1 radical (unpaired) electrons. The van der Waals surface area contributed by atoms with Crippen molar-refractivity contribution in [3.05, 3.63) is 6.92 Å². The lowest BCUT2D eigenvalue weighted by Crippen LogP contribution is -2.19. The Morgan fingerprint density at radius 2 is 2.22 bits per heavy atom. The fourth-order valence-corrected chi connectivity index (χ4v) is 0.520. The Morgan fingerprint density at radius 3 is 2.33 bits per heavy atom. The molecule has 0 aliphatic rings. The lowest BCUT2D eigenvalue weighted by atomic mass is 10.8. The van der Waals surface area contributed by atoms with Gasteiger partial charge in [-0.05, 0) is 13.8 Å². The monoisotopic (exact) mass is 153 g/mol. The third-order valence-electron chi connectivity index (χ3n) is 0.772. The number of rotatable bonds is 3. The molecular formula is C4H9O4S. The summed E-state index contributed by atoms with van der Waals surface area (Å²) in [6.07, 6.45) is 0. The van der Waals surface area contributed by atoms with Crippen LogP contribution in [0.15, 0.2) is 0 Å². The van der Waals surface area contributed by atoms with Gasteiger partial charge >= 0.3 is 0 Å². The Labute approximate surface area is 54.6 Å². The van der Waals surface area contributed by atoms with Gasteiger partial charge in [-0.15, -0.1) is 0 Å². The zero-order chi connectivity index (χ0) is 7.49. The zero-order valence-corrected chi connectivity index (χ0v) is 5.89. The van der Waals surface area contributed by atoms with Gasteiger partial charge < -0.3 is 4.74 Å². The molecule has 1 atom stereocenters. The summed E-state index contributed by atoms with van der Waals surface area (Å²) in [4.78, 5) is 0. The molecule has 0 heterocycles. The minimum atomic E-state index is -4.03. The summed E-state index contributed by atoms with van der Waals surface area (Å²) in [6.45, 7) is 4.51. The van der Waals surface area contributed by atoms with E-state index in [4.69, 9.17) is 4.55 Å². The predicted octanol–water partition coefficient (Wildman–Crippen LogP) is 0.0709. The first kappa shape index (κ1) is 8.87. The van der Waals surface area contributed by atoms with Crippen molar-refractivity contribution >= 4 is 10.1 Å². The third kappa shape index (κ3) is 3.45. The third-order valence-corrected chi connectivity index (χ3v) is 1.75. The maximum absolute atomic E-state index is 10.1. The molecule has 0 fully saturated rings. The van der Waals surface area contributed by atoms with Crippen molar-refractivity contribution in [2.24, 2.45) is 0 Å². The van der Waals surface area contributed by atoms with E-state index in [1.54, 1.807) is 0 Å². The average molecular weight is 153 g/mol. The summed E-state index contributed by atoms with van der Waals surface area (Å²) in [7, 11) is -4.03. The second-order valence-corrected chi connectivity index (χ2v) is 3.15. The molecule has 1 N–H and O–H groups in total. The van der Waals surface area contributed by atoms with E-state index in [9.17, 15) is 8.42 Å². The van der Waals surface area contributed by atoms with Gasteiger partial charge in [0.2, 0.25) is 0 Å². The van der Waals surface area contributed by atoms with E-state index in [-0.39, 0.29) is 6.61 Å². The molecule has 0 amide bonds. The Hall–Kier alpha value is -0.130. The van der Waals surface area contributed by atoms with Crippen LogP contribution in [-0.4, -0.2) is 25.0 Å². The van der Waals surface area contributed by atoms with E-state index >= 15 is 0 Å². The van der Waals surface area contributed by atoms with Crippen molar-refractivity contribution in [1.29, 1.82) is 0 Å². The number of hydrogen-bond acceptors (Lipinski definition) is 3. The Balaban J connectivity index is 3.90. The van der Waals surface area contributed by atoms with Gasteiger partial charge in [-0.25, -0.2) is 0 Å². The van der Waals surface area contributed by atoms with Gasteiger partial charge in [0, 0.05) is 6.61 Å². The molecule has 0 aliphatic carbocycles. The van der Waals surface area contributed by atoms with Gasteiger partial charge in [0.25, 0.3) is 10.1 Å². The highest BCUT2D eigenvalue weighted by atomic mass is 32.2. The van der Waals surface area contributed by atoms with Gasteiger partial charge in [-0.2, -0.15) is 8.42 Å². The lowest BCUT2D eigenvalue weighted by Gasteiger charge is -2.05. The standard InChI is InChI=1S/C4H9O4S/c1-3-8-4(2)9(5,6)7/h4H,1,3H2,2H3,(H,5,6,7). The summed E-state index contributed by atoms with van der Waals surface area (Å²) >= 11 is 0. The first-order valence-corrected chi connectivity index (χ1v) is 3.86. The topological polar surface area (TPSA) is 63.6 Å². The minimum absolute atomic E-state index is 0.0287. The molecular weight excluding hydrogens is 144 g/mol. The van der Waals surface area contributed by atoms with Crippen molar-refractivity contribution in [3.8, 4) is 0 Å². The van der Waals surface area contributed by atoms with Gasteiger partial charge in [0.05, 0.1) is 0 Å². The van der Waals surface area contributed by atoms with Crippen LogP contribution in [0.5, 0.6) is 0 Å². The molecule has 0 spiro atoms. The van der Waals surface area contributed by atoms with Crippen LogP contribution >= 0.6 is 0 Å². The molecule has 0 rings (SSSR count).